The Morgan fingerprint density at radius 2 is 1.73 bits per heavy atom. The Kier molecular flexibility index (Phi) is 7.63. The summed E-state index contributed by atoms with van der Waals surface area (Å²) in [6, 6.07) is 15.5. The Morgan fingerprint density at radius 1 is 1.12 bits per heavy atom. The summed E-state index contributed by atoms with van der Waals surface area (Å²) in [6.45, 7) is 3.27. The molecule has 2 aromatic carbocycles. The lowest BCUT2D eigenvalue weighted by atomic mass is 9.88. The maximum Gasteiger partial charge on any atom is 0.247 e. The first-order valence-electron chi connectivity index (χ1n) is 7.94. The van der Waals surface area contributed by atoms with Gasteiger partial charge in [0.15, 0.2) is 0 Å². The van der Waals surface area contributed by atoms with Gasteiger partial charge in [-0.3, -0.25) is 9.59 Å². The van der Waals surface area contributed by atoms with Gasteiger partial charge in [-0.1, -0.05) is 61.0 Å². The Morgan fingerprint density at radius 3 is 2.27 bits per heavy atom. The Balaban J connectivity index is 0.00000338. The van der Waals surface area contributed by atoms with Gasteiger partial charge in [0.2, 0.25) is 11.8 Å². The summed E-state index contributed by atoms with van der Waals surface area (Å²) in [5.41, 5.74) is 11.7. The summed E-state index contributed by atoms with van der Waals surface area (Å²) in [6.07, 6.45) is 0. The van der Waals surface area contributed by atoms with E-state index in [-0.39, 0.29) is 18.3 Å². The molecule has 0 fully saturated rings. The van der Waals surface area contributed by atoms with E-state index in [1.165, 1.54) is 0 Å². The second-order valence-electron chi connectivity index (χ2n) is 6.21. The molecule has 3 atom stereocenters. The van der Waals surface area contributed by atoms with Crippen molar-refractivity contribution < 1.29 is 9.59 Å². The molecule has 0 aliphatic rings. The fourth-order valence-electron chi connectivity index (χ4n) is 2.56. The molecule has 2 amide bonds. The number of nitrogens with two attached hydrogens (primary N) is 2. The number of carbonyl (C=O) groups excluding carboxylic acids is 2. The lowest BCUT2D eigenvalue weighted by molar-refractivity contribution is -0.133. The number of halogens is 2. The van der Waals surface area contributed by atoms with E-state index in [0.717, 1.165) is 5.56 Å². The van der Waals surface area contributed by atoms with Crippen LogP contribution in [0.4, 0.5) is 0 Å². The summed E-state index contributed by atoms with van der Waals surface area (Å²) in [5.74, 6) is -1.60. The molecule has 0 saturated carbocycles. The summed E-state index contributed by atoms with van der Waals surface area (Å²) in [7, 11) is 0. The van der Waals surface area contributed by atoms with Crippen LogP contribution >= 0.6 is 24.0 Å². The molecule has 0 saturated heterocycles. The predicted molar refractivity (Wildman–Crippen MR) is 106 cm³/mol. The minimum Gasteiger partial charge on any atom is -0.367 e. The third kappa shape index (κ3) is 4.75. The van der Waals surface area contributed by atoms with Gasteiger partial charge >= 0.3 is 0 Å². The highest BCUT2D eigenvalue weighted by Gasteiger charge is 2.37. The van der Waals surface area contributed by atoms with E-state index in [0.29, 0.717) is 10.6 Å². The highest BCUT2D eigenvalue weighted by molar-refractivity contribution is 6.30. The SMILES string of the molecule is CC(C(=O)NC(C)(C(N)=O)c1cccc(Cl)c1)C(N)c1ccccc1.Cl. The average molecular weight is 396 g/mol. The molecule has 0 spiro atoms. The van der Waals surface area contributed by atoms with Crippen molar-refractivity contribution in [2.75, 3.05) is 0 Å². The number of nitrogens with one attached hydrogen (secondary N) is 1. The van der Waals surface area contributed by atoms with Crippen molar-refractivity contribution in [3.8, 4) is 0 Å². The molecule has 0 aromatic heterocycles. The van der Waals surface area contributed by atoms with Crippen LogP contribution in [0.25, 0.3) is 0 Å². The normalized spacial score (nSPS) is 15.1. The Hall–Kier alpha value is -2.08. The van der Waals surface area contributed by atoms with E-state index in [1.54, 1.807) is 38.1 Å². The summed E-state index contributed by atoms with van der Waals surface area (Å²) >= 11 is 6.00. The van der Waals surface area contributed by atoms with Crippen LogP contribution in [0.3, 0.4) is 0 Å². The van der Waals surface area contributed by atoms with Crippen LogP contribution in [0.1, 0.15) is 31.0 Å². The molecule has 3 unspecified atom stereocenters. The largest absolute Gasteiger partial charge is 0.367 e. The third-order valence-electron chi connectivity index (χ3n) is 4.40. The first-order chi connectivity index (χ1) is 11.8. The van der Waals surface area contributed by atoms with E-state index >= 15 is 0 Å². The first kappa shape index (κ1) is 22.0. The fourth-order valence-corrected chi connectivity index (χ4v) is 2.75. The number of rotatable bonds is 6. The molecule has 26 heavy (non-hydrogen) atoms. The number of hydrogen-bond acceptors (Lipinski definition) is 3. The molecule has 0 bridgehead atoms. The number of carbonyl (C=O) groups is 2. The van der Waals surface area contributed by atoms with Crippen LogP contribution in [0.5, 0.6) is 0 Å². The number of primary amides is 1. The number of benzene rings is 2. The number of amides is 2. The van der Waals surface area contributed by atoms with Gasteiger partial charge in [0, 0.05) is 11.1 Å². The summed E-state index contributed by atoms with van der Waals surface area (Å²) in [4.78, 5) is 24.8. The van der Waals surface area contributed by atoms with Gasteiger partial charge in [-0.05, 0) is 30.2 Å². The van der Waals surface area contributed by atoms with Crippen LogP contribution < -0.4 is 16.8 Å². The molecule has 0 aliphatic carbocycles. The molecular formula is C19H23Cl2N3O2. The maximum absolute atomic E-state index is 12.7. The van der Waals surface area contributed by atoms with Crippen molar-refractivity contribution in [1.82, 2.24) is 5.32 Å². The quantitative estimate of drug-likeness (QED) is 0.700. The van der Waals surface area contributed by atoms with Gasteiger partial charge in [0.25, 0.3) is 0 Å². The zero-order valence-corrected chi connectivity index (χ0v) is 16.2. The van der Waals surface area contributed by atoms with Crippen LogP contribution in [0, 0.1) is 5.92 Å². The highest BCUT2D eigenvalue weighted by Crippen LogP contribution is 2.26. The molecule has 0 heterocycles. The third-order valence-corrected chi connectivity index (χ3v) is 4.64. The molecular weight excluding hydrogens is 373 g/mol. The average Bonchev–Trinajstić information content (AvgIpc) is 2.60. The van der Waals surface area contributed by atoms with Crippen LogP contribution in [-0.2, 0) is 15.1 Å². The van der Waals surface area contributed by atoms with Gasteiger partial charge in [-0.25, -0.2) is 0 Å². The first-order valence-corrected chi connectivity index (χ1v) is 8.32. The summed E-state index contributed by atoms with van der Waals surface area (Å²) < 4.78 is 0. The van der Waals surface area contributed by atoms with Crippen molar-refractivity contribution >= 4 is 35.8 Å². The summed E-state index contributed by atoms with van der Waals surface area (Å²) in [5, 5.41) is 3.19. The Labute approximate surface area is 164 Å². The van der Waals surface area contributed by atoms with Gasteiger partial charge in [-0.2, -0.15) is 0 Å². The van der Waals surface area contributed by atoms with Crippen molar-refractivity contribution in [1.29, 1.82) is 0 Å². The second-order valence-corrected chi connectivity index (χ2v) is 6.65. The van der Waals surface area contributed by atoms with Crippen molar-refractivity contribution in [3.63, 3.8) is 0 Å². The van der Waals surface area contributed by atoms with E-state index in [1.807, 2.05) is 30.3 Å². The number of hydrogen-bond donors (Lipinski definition) is 3. The van der Waals surface area contributed by atoms with E-state index in [4.69, 9.17) is 23.1 Å². The lowest BCUT2D eigenvalue weighted by Gasteiger charge is -2.31. The monoisotopic (exact) mass is 395 g/mol. The zero-order chi connectivity index (χ0) is 18.6. The standard InChI is InChI=1S/C19H22ClN3O2.ClH/c1-12(16(21)13-7-4-3-5-8-13)17(24)23-19(2,18(22)25)14-9-6-10-15(20)11-14;/h3-12,16H,21H2,1-2H3,(H2,22,25)(H,23,24);1H. The molecule has 5 N–H and O–H groups in total. The Bertz CT molecular complexity index is 770. The second kappa shape index (κ2) is 9.03. The van der Waals surface area contributed by atoms with E-state index in [9.17, 15) is 9.59 Å². The van der Waals surface area contributed by atoms with Gasteiger partial charge in [0.05, 0.1) is 5.92 Å². The smallest absolute Gasteiger partial charge is 0.247 e. The topological polar surface area (TPSA) is 98.2 Å². The van der Waals surface area contributed by atoms with Gasteiger partial charge in [0.1, 0.15) is 5.54 Å². The van der Waals surface area contributed by atoms with Gasteiger partial charge in [-0.15, -0.1) is 12.4 Å². The molecule has 5 nitrogen and oxygen atoms in total. The van der Waals surface area contributed by atoms with Crippen LogP contribution in [-0.4, -0.2) is 11.8 Å². The lowest BCUT2D eigenvalue weighted by Crippen LogP contribution is -2.54. The molecule has 0 aliphatic heterocycles. The van der Waals surface area contributed by atoms with Crippen molar-refractivity contribution in [3.05, 3.63) is 70.7 Å². The van der Waals surface area contributed by atoms with Crippen molar-refractivity contribution in [2.45, 2.75) is 25.4 Å². The molecule has 0 radical (unpaired) electrons. The predicted octanol–water partition coefficient (Wildman–Crippen LogP) is 2.91. The zero-order valence-electron chi connectivity index (χ0n) is 14.6. The highest BCUT2D eigenvalue weighted by atomic mass is 35.5. The minimum absolute atomic E-state index is 0. The van der Waals surface area contributed by atoms with Gasteiger partial charge < -0.3 is 16.8 Å². The van der Waals surface area contributed by atoms with E-state index < -0.39 is 23.4 Å². The fraction of sp³-hybridized carbons (Fsp3) is 0.263. The van der Waals surface area contributed by atoms with Crippen LogP contribution in [0.2, 0.25) is 5.02 Å². The molecule has 7 heteroatoms. The molecule has 140 valence electrons. The van der Waals surface area contributed by atoms with Crippen LogP contribution in [0.15, 0.2) is 54.6 Å². The molecule has 2 aromatic rings. The molecule has 2 rings (SSSR count). The maximum atomic E-state index is 12.7. The van der Waals surface area contributed by atoms with Crippen molar-refractivity contribution in [2.24, 2.45) is 17.4 Å². The van der Waals surface area contributed by atoms with E-state index in [2.05, 4.69) is 5.32 Å². The minimum atomic E-state index is -1.38.